The maximum Gasteiger partial charge on any atom is 0.419 e. The molecule has 2 aliphatic rings. The van der Waals surface area contributed by atoms with Crippen molar-refractivity contribution >= 4 is 11.8 Å². The van der Waals surface area contributed by atoms with E-state index in [9.17, 15) is 13.2 Å². The highest BCUT2D eigenvalue weighted by molar-refractivity contribution is 5.60. The molecule has 2 fully saturated rings. The molecule has 4 heterocycles. The van der Waals surface area contributed by atoms with E-state index in [4.69, 9.17) is 15.2 Å². The van der Waals surface area contributed by atoms with Gasteiger partial charge in [0.05, 0.1) is 18.8 Å². The number of anilines is 2. The van der Waals surface area contributed by atoms with Crippen molar-refractivity contribution in [1.82, 2.24) is 19.9 Å². The van der Waals surface area contributed by atoms with Gasteiger partial charge in [-0.25, -0.2) is 9.97 Å². The first kappa shape index (κ1) is 19.8. The van der Waals surface area contributed by atoms with E-state index in [0.29, 0.717) is 51.3 Å². The number of hydrogen-bond acceptors (Lipinski definition) is 8. The lowest BCUT2D eigenvalue weighted by Crippen LogP contribution is -2.37. The molecule has 0 aliphatic carbocycles. The summed E-state index contributed by atoms with van der Waals surface area (Å²) >= 11 is 0. The number of aromatic nitrogens is 4. The molecule has 0 unspecified atom stereocenters. The van der Waals surface area contributed by atoms with Gasteiger partial charge < -0.3 is 20.1 Å². The Morgan fingerprint density at radius 1 is 1.00 bits per heavy atom. The second kappa shape index (κ2) is 8.07. The second-order valence-electron chi connectivity index (χ2n) is 6.96. The van der Waals surface area contributed by atoms with Gasteiger partial charge in [0.25, 0.3) is 0 Å². The van der Waals surface area contributed by atoms with E-state index in [2.05, 4.69) is 19.9 Å². The Labute approximate surface area is 165 Å². The molecule has 0 radical (unpaired) electrons. The first-order chi connectivity index (χ1) is 13.9. The third kappa shape index (κ3) is 4.40. The zero-order valence-electron chi connectivity index (χ0n) is 15.7. The van der Waals surface area contributed by atoms with Crippen LogP contribution in [-0.2, 0) is 15.7 Å². The lowest BCUT2D eigenvalue weighted by molar-refractivity contribution is -0.137. The van der Waals surface area contributed by atoms with E-state index >= 15 is 0 Å². The number of pyridine rings is 1. The number of hydrogen-bond donors (Lipinski definition) is 1. The van der Waals surface area contributed by atoms with Crippen LogP contribution in [0.15, 0.2) is 12.3 Å². The summed E-state index contributed by atoms with van der Waals surface area (Å²) in [4.78, 5) is 19.2. The van der Waals surface area contributed by atoms with Gasteiger partial charge in [0.15, 0.2) is 5.82 Å². The van der Waals surface area contributed by atoms with Crippen LogP contribution in [0.3, 0.4) is 0 Å². The van der Waals surface area contributed by atoms with E-state index in [-0.39, 0.29) is 17.3 Å². The quantitative estimate of drug-likeness (QED) is 0.823. The fraction of sp³-hybridized carbons (Fsp3) is 0.556. The standard InChI is InChI=1S/C18H21F3N6O2/c19-18(20,21)13-9-12(10-23-14(13)22)16-24-15(11-1-5-28-6-2-11)25-17(26-16)27-3-7-29-8-4-27/h9-11H,1-8H2,(H2,22,23). The maximum atomic E-state index is 13.3. The van der Waals surface area contributed by atoms with Gasteiger partial charge in [0.1, 0.15) is 11.6 Å². The van der Waals surface area contributed by atoms with Crippen molar-refractivity contribution in [3.63, 3.8) is 0 Å². The Bertz CT molecular complexity index is 831. The molecule has 2 aliphatic heterocycles. The molecule has 2 N–H and O–H groups in total. The fourth-order valence-electron chi connectivity index (χ4n) is 3.38. The minimum Gasteiger partial charge on any atom is -0.383 e. The second-order valence-corrected chi connectivity index (χ2v) is 6.96. The molecule has 2 aromatic heterocycles. The number of morpholine rings is 1. The average Bonchev–Trinajstić information content (AvgIpc) is 2.74. The first-order valence-corrected chi connectivity index (χ1v) is 9.41. The lowest BCUT2D eigenvalue weighted by atomic mass is 9.99. The van der Waals surface area contributed by atoms with E-state index in [1.54, 1.807) is 0 Å². The van der Waals surface area contributed by atoms with Crippen LogP contribution in [0.4, 0.5) is 24.9 Å². The Balaban J connectivity index is 1.77. The van der Waals surface area contributed by atoms with Crippen LogP contribution in [0.5, 0.6) is 0 Å². The largest absolute Gasteiger partial charge is 0.419 e. The summed E-state index contributed by atoms with van der Waals surface area (Å²) in [5, 5.41) is 0. The van der Waals surface area contributed by atoms with Crippen molar-refractivity contribution in [2.24, 2.45) is 0 Å². The number of nitrogen functional groups attached to an aromatic ring is 1. The molecule has 4 rings (SSSR count). The van der Waals surface area contributed by atoms with E-state index in [1.807, 2.05) is 4.90 Å². The molecule has 29 heavy (non-hydrogen) atoms. The molecule has 0 spiro atoms. The predicted molar refractivity (Wildman–Crippen MR) is 98.3 cm³/mol. The van der Waals surface area contributed by atoms with Crippen molar-refractivity contribution in [1.29, 1.82) is 0 Å². The lowest BCUT2D eigenvalue weighted by Gasteiger charge is -2.28. The van der Waals surface area contributed by atoms with Gasteiger partial charge in [-0.3, -0.25) is 0 Å². The summed E-state index contributed by atoms with van der Waals surface area (Å²) in [7, 11) is 0. The fourth-order valence-corrected chi connectivity index (χ4v) is 3.38. The zero-order valence-corrected chi connectivity index (χ0v) is 15.7. The van der Waals surface area contributed by atoms with E-state index in [1.165, 1.54) is 6.20 Å². The highest BCUT2D eigenvalue weighted by atomic mass is 19.4. The molecule has 0 aromatic carbocycles. The van der Waals surface area contributed by atoms with Crippen LogP contribution >= 0.6 is 0 Å². The Morgan fingerprint density at radius 3 is 2.38 bits per heavy atom. The van der Waals surface area contributed by atoms with Crippen molar-refractivity contribution < 1.29 is 22.6 Å². The summed E-state index contributed by atoms with van der Waals surface area (Å²) in [5.74, 6) is 0.638. The number of nitrogens with zero attached hydrogens (tertiary/aromatic N) is 5. The minimum absolute atomic E-state index is 0.0640. The van der Waals surface area contributed by atoms with Crippen LogP contribution in [0.25, 0.3) is 11.4 Å². The monoisotopic (exact) mass is 410 g/mol. The summed E-state index contributed by atoms with van der Waals surface area (Å²) in [6.07, 6.45) is -1.85. The predicted octanol–water partition coefficient (Wildman–Crippen LogP) is 2.27. The van der Waals surface area contributed by atoms with E-state index in [0.717, 1.165) is 18.9 Å². The Hall–Kier alpha value is -2.53. The SMILES string of the molecule is Nc1ncc(-c2nc(C3CCOCC3)nc(N3CCOCC3)n2)cc1C(F)(F)F. The number of halogens is 3. The van der Waals surface area contributed by atoms with Crippen molar-refractivity contribution in [2.45, 2.75) is 24.9 Å². The van der Waals surface area contributed by atoms with Crippen LogP contribution in [0.1, 0.15) is 30.1 Å². The highest BCUT2D eigenvalue weighted by Crippen LogP contribution is 2.35. The maximum absolute atomic E-state index is 13.3. The average molecular weight is 410 g/mol. The zero-order chi connectivity index (χ0) is 20.4. The molecular weight excluding hydrogens is 389 g/mol. The Morgan fingerprint density at radius 2 is 1.69 bits per heavy atom. The van der Waals surface area contributed by atoms with Crippen LogP contribution in [0, 0.1) is 0 Å². The molecule has 0 amide bonds. The topological polar surface area (TPSA) is 99.3 Å². The van der Waals surface area contributed by atoms with Gasteiger partial charge in [0.2, 0.25) is 5.95 Å². The van der Waals surface area contributed by atoms with Crippen molar-refractivity contribution in [3.8, 4) is 11.4 Å². The molecule has 0 atom stereocenters. The molecule has 8 nitrogen and oxygen atoms in total. The smallest absolute Gasteiger partial charge is 0.383 e. The van der Waals surface area contributed by atoms with Gasteiger partial charge in [-0.1, -0.05) is 0 Å². The highest BCUT2D eigenvalue weighted by Gasteiger charge is 2.34. The molecular formula is C18H21F3N6O2. The Kier molecular flexibility index (Phi) is 5.50. The summed E-state index contributed by atoms with van der Waals surface area (Å²) in [5.41, 5.74) is 4.57. The summed E-state index contributed by atoms with van der Waals surface area (Å²) in [6.45, 7) is 3.47. The number of ether oxygens (including phenoxy) is 2. The summed E-state index contributed by atoms with van der Waals surface area (Å²) in [6, 6.07) is 0.939. The number of alkyl halides is 3. The van der Waals surface area contributed by atoms with Crippen molar-refractivity contribution in [3.05, 3.63) is 23.7 Å². The number of rotatable bonds is 3. The minimum atomic E-state index is -4.61. The molecule has 0 bridgehead atoms. The third-order valence-electron chi connectivity index (χ3n) is 5.00. The van der Waals surface area contributed by atoms with Gasteiger partial charge in [-0.05, 0) is 18.9 Å². The van der Waals surface area contributed by atoms with E-state index < -0.39 is 17.6 Å². The van der Waals surface area contributed by atoms with Crippen LogP contribution in [-0.4, -0.2) is 59.5 Å². The molecule has 2 aromatic rings. The molecule has 11 heteroatoms. The summed E-state index contributed by atoms with van der Waals surface area (Å²) < 4.78 is 50.6. The molecule has 156 valence electrons. The molecule has 2 saturated heterocycles. The van der Waals surface area contributed by atoms with Gasteiger partial charge in [-0.2, -0.15) is 23.1 Å². The van der Waals surface area contributed by atoms with Crippen molar-refractivity contribution in [2.75, 3.05) is 50.2 Å². The normalized spacial score (nSPS) is 18.8. The van der Waals surface area contributed by atoms with Gasteiger partial charge in [-0.15, -0.1) is 0 Å². The first-order valence-electron chi connectivity index (χ1n) is 9.41. The van der Waals surface area contributed by atoms with Gasteiger partial charge >= 0.3 is 6.18 Å². The van der Waals surface area contributed by atoms with Crippen LogP contribution < -0.4 is 10.6 Å². The van der Waals surface area contributed by atoms with Crippen LogP contribution in [0.2, 0.25) is 0 Å². The van der Waals surface area contributed by atoms with Gasteiger partial charge in [0, 0.05) is 44.0 Å². The number of nitrogens with two attached hydrogens (primary N) is 1. The molecule has 0 saturated carbocycles. The third-order valence-corrected chi connectivity index (χ3v) is 5.00.